The van der Waals surface area contributed by atoms with Gasteiger partial charge in [0, 0.05) is 48.7 Å². The van der Waals surface area contributed by atoms with Gasteiger partial charge in [0.15, 0.2) is 5.65 Å². The average Bonchev–Trinajstić information content (AvgIpc) is 3.55. The number of nitrogens with zero attached hydrogens (tertiary/aromatic N) is 4. The molecule has 0 radical (unpaired) electrons. The third-order valence-electron chi connectivity index (χ3n) is 8.27. The lowest BCUT2D eigenvalue weighted by atomic mass is 9.86. The SMILES string of the molecule is CCN(C(=O)c1cc(F)ccc1-c1cc(C2CCN(CC3CCC(N)CC3)C2)nc2[nH]ncc12)C(C)C. The zero-order chi connectivity index (χ0) is 26.1. The highest BCUT2D eigenvalue weighted by Gasteiger charge is 2.30. The summed E-state index contributed by atoms with van der Waals surface area (Å²) in [6.45, 7) is 9.62. The van der Waals surface area contributed by atoms with Gasteiger partial charge >= 0.3 is 0 Å². The molecule has 37 heavy (non-hydrogen) atoms. The molecule has 1 aliphatic carbocycles. The molecule has 2 fully saturated rings. The Morgan fingerprint density at radius 3 is 2.70 bits per heavy atom. The van der Waals surface area contributed by atoms with Gasteiger partial charge in [0.25, 0.3) is 5.91 Å². The fourth-order valence-electron chi connectivity index (χ4n) is 6.18. The standard InChI is InChI=1S/C29H39FN6O/c1-4-36(18(2)3)29(37)25-13-21(30)7-10-23(25)24-14-27(33-28-26(24)15-32-34-28)20-11-12-35(17-20)16-19-5-8-22(31)9-6-19/h7,10,13-15,18-20,22H,4-6,8-9,11-12,16-17,31H2,1-3H3,(H,32,33,34). The van der Waals surface area contributed by atoms with E-state index >= 15 is 0 Å². The fraction of sp³-hybridized carbons (Fsp3) is 0.552. The number of nitrogens with two attached hydrogens (primary N) is 1. The normalized spacial score (nSPS) is 22.7. The largest absolute Gasteiger partial charge is 0.336 e. The van der Waals surface area contributed by atoms with Crippen LogP contribution in [0.5, 0.6) is 0 Å². The van der Waals surface area contributed by atoms with E-state index in [2.05, 4.69) is 21.2 Å². The highest BCUT2D eigenvalue weighted by molar-refractivity contribution is 6.05. The Hall–Kier alpha value is -2.84. The second-order valence-electron chi connectivity index (χ2n) is 11.1. The third kappa shape index (κ3) is 5.41. The number of hydrogen-bond acceptors (Lipinski definition) is 5. The van der Waals surface area contributed by atoms with E-state index in [0.29, 0.717) is 35.3 Å². The molecule has 1 aromatic carbocycles. The van der Waals surface area contributed by atoms with Crippen molar-refractivity contribution < 1.29 is 9.18 Å². The van der Waals surface area contributed by atoms with Gasteiger partial charge in [-0.15, -0.1) is 0 Å². The smallest absolute Gasteiger partial charge is 0.254 e. The van der Waals surface area contributed by atoms with Crippen molar-refractivity contribution in [3.63, 3.8) is 0 Å². The maximum Gasteiger partial charge on any atom is 0.254 e. The summed E-state index contributed by atoms with van der Waals surface area (Å²) >= 11 is 0. The van der Waals surface area contributed by atoms with Gasteiger partial charge in [0.1, 0.15) is 5.82 Å². The zero-order valence-corrected chi connectivity index (χ0v) is 22.2. The van der Waals surface area contributed by atoms with Crippen LogP contribution in [-0.4, -0.2) is 69.2 Å². The number of rotatable bonds is 7. The van der Waals surface area contributed by atoms with Crippen molar-refractivity contribution in [1.29, 1.82) is 0 Å². The fourth-order valence-corrected chi connectivity index (χ4v) is 6.18. The summed E-state index contributed by atoms with van der Waals surface area (Å²) in [5.74, 6) is 0.452. The second kappa shape index (κ2) is 10.9. The lowest BCUT2D eigenvalue weighted by molar-refractivity contribution is 0.0717. The molecule has 3 heterocycles. The Kier molecular flexibility index (Phi) is 7.58. The first-order chi connectivity index (χ1) is 17.8. The molecule has 8 heteroatoms. The number of carbonyl (C=O) groups excluding carboxylic acids is 1. The minimum atomic E-state index is -0.417. The van der Waals surface area contributed by atoms with Crippen molar-refractivity contribution in [3.8, 4) is 11.1 Å². The minimum Gasteiger partial charge on any atom is -0.336 e. The molecule has 3 aromatic rings. The number of aromatic amines is 1. The summed E-state index contributed by atoms with van der Waals surface area (Å²) in [5, 5.41) is 8.12. The molecule has 1 unspecified atom stereocenters. The van der Waals surface area contributed by atoms with Crippen LogP contribution in [-0.2, 0) is 0 Å². The molecule has 0 bridgehead atoms. The van der Waals surface area contributed by atoms with E-state index in [1.165, 1.54) is 25.0 Å². The first-order valence-electron chi connectivity index (χ1n) is 13.8. The minimum absolute atomic E-state index is 0.0138. The lowest BCUT2D eigenvalue weighted by Gasteiger charge is -2.29. The molecule has 2 aliphatic rings. The highest BCUT2D eigenvalue weighted by atomic mass is 19.1. The number of fused-ring (bicyclic) bond motifs is 1. The number of amides is 1. The molecular formula is C29H39FN6O. The molecule has 1 saturated carbocycles. The van der Waals surface area contributed by atoms with Crippen molar-refractivity contribution in [2.75, 3.05) is 26.2 Å². The number of halogens is 1. The Balaban J connectivity index is 1.46. The number of aromatic nitrogens is 3. The average molecular weight is 507 g/mol. The summed E-state index contributed by atoms with van der Waals surface area (Å²) < 4.78 is 14.4. The van der Waals surface area contributed by atoms with Gasteiger partial charge in [0.05, 0.1) is 11.8 Å². The monoisotopic (exact) mass is 506 g/mol. The molecule has 1 atom stereocenters. The molecule has 2 aromatic heterocycles. The van der Waals surface area contributed by atoms with E-state index in [0.717, 1.165) is 61.5 Å². The number of likely N-dealkylation sites (tertiary alicyclic amines) is 1. The molecule has 1 saturated heterocycles. The van der Waals surface area contributed by atoms with Crippen LogP contribution >= 0.6 is 0 Å². The third-order valence-corrected chi connectivity index (χ3v) is 8.27. The summed E-state index contributed by atoms with van der Waals surface area (Å²) in [7, 11) is 0. The van der Waals surface area contributed by atoms with Crippen LogP contribution in [0.25, 0.3) is 22.2 Å². The predicted octanol–water partition coefficient (Wildman–Crippen LogP) is 4.94. The number of carbonyl (C=O) groups is 1. The number of hydrogen-bond donors (Lipinski definition) is 2. The van der Waals surface area contributed by atoms with Gasteiger partial charge < -0.3 is 15.5 Å². The Labute approximate surface area is 218 Å². The Morgan fingerprint density at radius 1 is 1.19 bits per heavy atom. The van der Waals surface area contributed by atoms with Crippen molar-refractivity contribution in [2.45, 2.75) is 70.9 Å². The van der Waals surface area contributed by atoms with Gasteiger partial charge in [0.2, 0.25) is 0 Å². The lowest BCUT2D eigenvalue weighted by Crippen LogP contribution is -2.37. The number of pyridine rings is 1. The summed E-state index contributed by atoms with van der Waals surface area (Å²) in [4.78, 5) is 22.8. The van der Waals surface area contributed by atoms with Crippen molar-refractivity contribution in [3.05, 3.63) is 47.5 Å². The van der Waals surface area contributed by atoms with Crippen LogP contribution in [0, 0.1) is 11.7 Å². The van der Waals surface area contributed by atoms with Gasteiger partial charge in [-0.3, -0.25) is 9.89 Å². The first-order valence-corrected chi connectivity index (χ1v) is 13.8. The van der Waals surface area contributed by atoms with Gasteiger partial charge in [-0.25, -0.2) is 9.37 Å². The van der Waals surface area contributed by atoms with E-state index in [-0.39, 0.29) is 11.9 Å². The Morgan fingerprint density at radius 2 is 1.97 bits per heavy atom. The molecule has 1 aliphatic heterocycles. The maximum atomic E-state index is 14.4. The van der Waals surface area contributed by atoms with Crippen LogP contribution in [0.3, 0.4) is 0 Å². The quantitative estimate of drug-likeness (QED) is 0.474. The van der Waals surface area contributed by atoms with Crippen LogP contribution in [0.1, 0.15) is 74.8 Å². The van der Waals surface area contributed by atoms with Gasteiger partial charge in [-0.05, 0) is 94.7 Å². The molecule has 5 rings (SSSR count). The van der Waals surface area contributed by atoms with Crippen molar-refractivity contribution in [1.82, 2.24) is 25.0 Å². The van der Waals surface area contributed by atoms with E-state index in [9.17, 15) is 9.18 Å². The number of nitrogens with one attached hydrogen (secondary N) is 1. The summed E-state index contributed by atoms with van der Waals surface area (Å²) in [5.41, 5.74) is 9.77. The van der Waals surface area contributed by atoms with E-state index in [1.54, 1.807) is 17.2 Å². The molecule has 198 valence electrons. The molecule has 1 amide bonds. The van der Waals surface area contributed by atoms with Crippen molar-refractivity contribution in [2.24, 2.45) is 11.7 Å². The molecule has 3 N–H and O–H groups in total. The van der Waals surface area contributed by atoms with Crippen molar-refractivity contribution >= 4 is 16.9 Å². The second-order valence-corrected chi connectivity index (χ2v) is 11.1. The zero-order valence-electron chi connectivity index (χ0n) is 22.2. The van der Waals surface area contributed by atoms with E-state index in [4.69, 9.17) is 10.7 Å². The topological polar surface area (TPSA) is 91.1 Å². The summed E-state index contributed by atoms with van der Waals surface area (Å²) in [6, 6.07) is 7.00. The number of H-pyrrole nitrogens is 1. The molecule has 0 spiro atoms. The summed E-state index contributed by atoms with van der Waals surface area (Å²) in [6.07, 6.45) is 7.50. The van der Waals surface area contributed by atoms with Crippen LogP contribution in [0.4, 0.5) is 4.39 Å². The van der Waals surface area contributed by atoms with Gasteiger partial charge in [-0.2, -0.15) is 5.10 Å². The highest BCUT2D eigenvalue weighted by Crippen LogP contribution is 2.36. The van der Waals surface area contributed by atoms with Crippen LogP contribution in [0.15, 0.2) is 30.5 Å². The predicted molar refractivity (Wildman–Crippen MR) is 145 cm³/mol. The maximum absolute atomic E-state index is 14.4. The van der Waals surface area contributed by atoms with Crippen LogP contribution < -0.4 is 5.73 Å². The van der Waals surface area contributed by atoms with E-state index in [1.807, 2.05) is 20.8 Å². The van der Waals surface area contributed by atoms with E-state index < -0.39 is 5.82 Å². The molecule has 7 nitrogen and oxygen atoms in total. The van der Waals surface area contributed by atoms with Crippen LogP contribution in [0.2, 0.25) is 0 Å². The number of benzene rings is 1. The molecular weight excluding hydrogens is 467 g/mol. The van der Waals surface area contributed by atoms with Gasteiger partial charge in [-0.1, -0.05) is 6.07 Å². The Bertz CT molecular complexity index is 1250. The first kappa shape index (κ1) is 25.8.